The van der Waals surface area contributed by atoms with Gasteiger partial charge in [-0.05, 0) is 24.6 Å². The molecule has 0 fully saturated rings. The van der Waals surface area contributed by atoms with Crippen LogP contribution in [0.4, 0.5) is 0 Å². The first-order valence-electron chi connectivity index (χ1n) is 5.51. The minimum atomic E-state index is -4.04. The average Bonchev–Trinajstić information content (AvgIpc) is 2.34. The fourth-order valence-electron chi connectivity index (χ4n) is 1.41. The van der Waals surface area contributed by atoms with Gasteiger partial charge in [0.1, 0.15) is 6.04 Å². The van der Waals surface area contributed by atoms with Crippen molar-refractivity contribution in [1.29, 1.82) is 0 Å². The maximum absolute atomic E-state index is 12.0. The number of sulfonamides is 1. The molecule has 0 saturated heterocycles. The second-order valence-electron chi connectivity index (χ2n) is 3.97. The number of carbonyl (C=O) groups is 2. The van der Waals surface area contributed by atoms with Gasteiger partial charge >= 0.3 is 5.97 Å². The first kappa shape index (κ1) is 16.4. The summed E-state index contributed by atoms with van der Waals surface area (Å²) in [6.45, 7) is 0. The predicted molar refractivity (Wildman–Crippen MR) is 71.6 cm³/mol. The molecule has 1 amide bonds. The van der Waals surface area contributed by atoms with Crippen LogP contribution < -0.4 is 10.5 Å². The molecule has 1 aromatic rings. The fourth-order valence-corrected chi connectivity index (χ4v) is 2.93. The molecule has 0 bridgehead atoms. The number of carbonyl (C=O) groups excluding carboxylic acids is 1. The summed E-state index contributed by atoms with van der Waals surface area (Å²) in [5.41, 5.74) is 4.91. The zero-order valence-corrected chi connectivity index (χ0v) is 11.8. The monoisotopic (exact) mass is 320 g/mol. The Labute approximate surface area is 120 Å². The van der Waals surface area contributed by atoms with Crippen molar-refractivity contribution in [2.24, 2.45) is 5.73 Å². The Balaban J connectivity index is 2.91. The van der Waals surface area contributed by atoms with Crippen LogP contribution in [0.3, 0.4) is 0 Å². The molecule has 0 heterocycles. The minimum absolute atomic E-state index is 0.157. The van der Waals surface area contributed by atoms with E-state index in [9.17, 15) is 18.0 Å². The van der Waals surface area contributed by atoms with E-state index in [-0.39, 0.29) is 22.8 Å². The maximum Gasteiger partial charge on any atom is 0.321 e. The number of carboxylic acid groups (broad SMARTS) is 1. The summed E-state index contributed by atoms with van der Waals surface area (Å²) < 4.78 is 26.0. The lowest BCUT2D eigenvalue weighted by atomic mass is 10.2. The molecule has 0 aliphatic heterocycles. The summed E-state index contributed by atoms with van der Waals surface area (Å²) in [4.78, 5) is 21.5. The van der Waals surface area contributed by atoms with Gasteiger partial charge in [-0.3, -0.25) is 9.59 Å². The standard InChI is InChI=1S/C11H13ClN2O5S/c12-7-2-1-3-8(6-7)20(18,19)14-9(11(16)17)4-5-10(13)15/h1-3,6,9,14H,4-5H2,(H2,13,15)(H,16,17)/t9-/m1/s1. The molecule has 7 nitrogen and oxygen atoms in total. The highest BCUT2D eigenvalue weighted by Gasteiger charge is 2.25. The minimum Gasteiger partial charge on any atom is -0.480 e. The first-order chi connectivity index (χ1) is 9.22. The van der Waals surface area contributed by atoms with Gasteiger partial charge in [0.15, 0.2) is 0 Å². The van der Waals surface area contributed by atoms with Crippen LogP contribution in [0.2, 0.25) is 5.02 Å². The molecule has 1 rings (SSSR count). The highest BCUT2D eigenvalue weighted by Crippen LogP contribution is 2.16. The van der Waals surface area contributed by atoms with E-state index in [2.05, 4.69) is 0 Å². The third kappa shape index (κ3) is 4.80. The van der Waals surface area contributed by atoms with Crippen LogP contribution in [0.25, 0.3) is 0 Å². The van der Waals surface area contributed by atoms with Gasteiger partial charge in [0.05, 0.1) is 4.90 Å². The SMILES string of the molecule is NC(=O)CC[C@@H](NS(=O)(=O)c1cccc(Cl)c1)C(=O)O. The van der Waals surface area contributed by atoms with Gasteiger partial charge in [0.25, 0.3) is 0 Å². The molecule has 4 N–H and O–H groups in total. The van der Waals surface area contributed by atoms with Gasteiger partial charge in [0.2, 0.25) is 15.9 Å². The molecule has 1 atom stereocenters. The number of carboxylic acids is 1. The molecule has 0 spiro atoms. The van der Waals surface area contributed by atoms with Crippen molar-refractivity contribution >= 4 is 33.5 Å². The van der Waals surface area contributed by atoms with Gasteiger partial charge in [-0.15, -0.1) is 0 Å². The van der Waals surface area contributed by atoms with Crippen LogP contribution >= 0.6 is 11.6 Å². The lowest BCUT2D eigenvalue weighted by Crippen LogP contribution is -2.41. The van der Waals surface area contributed by atoms with E-state index >= 15 is 0 Å². The van der Waals surface area contributed by atoms with Crippen molar-refractivity contribution in [3.63, 3.8) is 0 Å². The number of hydrogen-bond acceptors (Lipinski definition) is 4. The molecular formula is C11H13ClN2O5S. The van der Waals surface area contributed by atoms with Crippen LogP contribution in [0.1, 0.15) is 12.8 Å². The van der Waals surface area contributed by atoms with Crippen LogP contribution in [0.15, 0.2) is 29.2 Å². The van der Waals surface area contributed by atoms with Gasteiger partial charge in [-0.25, -0.2) is 8.42 Å². The highest BCUT2D eigenvalue weighted by atomic mass is 35.5. The number of nitrogens with two attached hydrogens (primary N) is 1. The van der Waals surface area contributed by atoms with E-state index in [1.54, 1.807) is 0 Å². The van der Waals surface area contributed by atoms with Gasteiger partial charge in [-0.1, -0.05) is 17.7 Å². The van der Waals surface area contributed by atoms with Crippen molar-refractivity contribution < 1.29 is 23.1 Å². The Bertz CT molecular complexity index is 617. The molecule has 9 heteroatoms. The first-order valence-corrected chi connectivity index (χ1v) is 7.37. The lowest BCUT2D eigenvalue weighted by molar-refractivity contribution is -0.139. The smallest absolute Gasteiger partial charge is 0.321 e. The van der Waals surface area contributed by atoms with Crippen molar-refractivity contribution in [3.05, 3.63) is 29.3 Å². The van der Waals surface area contributed by atoms with Crippen LogP contribution in [0, 0.1) is 0 Å². The van der Waals surface area contributed by atoms with E-state index in [0.717, 1.165) is 0 Å². The van der Waals surface area contributed by atoms with Gasteiger partial charge < -0.3 is 10.8 Å². The summed E-state index contributed by atoms with van der Waals surface area (Å²) >= 11 is 5.68. The number of halogens is 1. The Morgan fingerprint density at radius 3 is 2.55 bits per heavy atom. The Hall–Kier alpha value is -1.64. The second-order valence-corrected chi connectivity index (χ2v) is 6.12. The second kappa shape index (κ2) is 6.69. The van der Waals surface area contributed by atoms with E-state index in [1.165, 1.54) is 24.3 Å². The number of nitrogens with one attached hydrogen (secondary N) is 1. The molecule has 110 valence electrons. The van der Waals surface area contributed by atoms with Crippen molar-refractivity contribution in [2.75, 3.05) is 0 Å². The van der Waals surface area contributed by atoms with Crippen LogP contribution in [-0.2, 0) is 19.6 Å². The quantitative estimate of drug-likeness (QED) is 0.667. The molecule has 0 saturated carbocycles. The number of aliphatic carboxylic acids is 1. The zero-order valence-electron chi connectivity index (χ0n) is 10.2. The van der Waals surface area contributed by atoms with Crippen LogP contribution in [0.5, 0.6) is 0 Å². The lowest BCUT2D eigenvalue weighted by Gasteiger charge is -2.14. The third-order valence-corrected chi connectivity index (χ3v) is 4.09. The molecule has 0 aliphatic rings. The van der Waals surface area contributed by atoms with Gasteiger partial charge in [-0.2, -0.15) is 4.72 Å². The molecule has 20 heavy (non-hydrogen) atoms. The molecule has 0 aromatic heterocycles. The van der Waals surface area contributed by atoms with E-state index in [4.69, 9.17) is 22.4 Å². The largest absolute Gasteiger partial charge is 0.480 e. The van der Waals surface area contributed by atoms with E-state index < -0.39 is 27.9 Å². The van der Waals surface area contributed by atoms with Crippen molar-refractivity contribution in [1.82, 2.24) is 4.72 Å². The van der Waals surface area contributed by atoms with E-state index in [0.29, 0.717) is 0 Å². The molecular weight excluding hydrogens is 308 g/mol. The normalized spacial score (nSPS) is 12.8. The summed E-state index contributed by atoms with van der Waals surface area (Å²) in [7, 11) is -4.04. The topological polar surface area (TPSA) is 127 Å². The maximum atomic E-state index is 12.0. The molecule has 0 radical (unpaired) electrons. The summed E-state index contributed by atoms with van der Waals surface area (Å²) in [6.07, 6.45) is -0.473. The molecule has 0 aliphatic carbocycles. The van der Waals surface area contributed by atoms with Crippen molar-refractivity contribution in [3.8, 4) is 0 Å². The average molecular weight is 321 g/mol. The predicted octanol–water partition coefficient (Wildman–Crippen LogP) is 0.337. The van der Waals surface area contributed by atoms with Crippen LogP contribution in [-0.4, -0.2) is 31.4 Å². The number of amides is 1. The summed E-state index contributed by atoms with van der Waals surface area (Å²) in [6, 6.07) is 3.95. The van der Waals surface area contributed by atoms with Crippen molar-refractivity contribution in [2.45, 2.75) is 23.8 Å². The Kier molecular flexibility index (Phi) is 5.49. The Morgan fingerprint density at radius 1 is 1.40 bits per heavy atom. The fraction of sp³-hybridized carbons (Fsp3) is 0.273. The van der Waals surface area contributed by atoms with E-state index in [1.807, 2.05) is 4.72 Å². The number of benzene rings is 1. The summed E-state index contributed by atoms with van der Waals surface area (Å²) in [5.74, 6) is -2.10. The third-order valence-electron chi connectivity index (χ3n) is 2.38. The summed E-state index contributed by atoms with van der Waals surface area (Å²) in [5, 5.41) is 9.15. The molecule has 1 aromatic carbocycles. The molecule has 0 unspecified atom stereocenters. The number of primary amides is 1. The van der Waals surface area contributed by atoms with Gasteiger partial charge in [0, 0.05) is 11.4 Å². The highest BCUT2D eigenvalue weighted by molar-refractivity contribution is 7.89. The number of hydrogen-bond donors (Lipinski definition) is 3. The zero-order chi connectivity index (χ0) is 15.3. The number of rotatable bonds is 7. The Morgan fingerprint density at radius 2 is 2.05 bits per heavy atom.